The highest BCUT2D eigenvalue weighted by Crippen LogP contribution is 2.29. The predicted octanol–water partition coefficient (Wildman–Crippen LogP) is 6.21. The van der Waals surface area contributed by atoms with E-state index in [9.17, 15) is 9.59 Å². The summed E-state index contributed by atoms with van der Waals surface area (Å²) in [5.74, 6) is 0.309. The monoisotopic (exact) mass is 498 g/mol. The predicted molar refractivity (Wildman–Crippen MR) is 136 cm³/mol. The number of nitrogens with zero attached hydrogens (tertiary/aromatic N) is 3. The Morgan fingerprint density at radius 1 is 1.03 bits per heavy atom. The maximum atomic E-state index is 13.0. The van der Waals surface area contributed by atoms with Gasteiger partial charge in [-0.25, -0.2) is 4.68 Å². The van der Waals surface area contributed by atoms with Crippen molar-refractivity contribution in [3.63, 3.8) is 0 Å². The lowest BCUT2D eigenvalue weighted by atomic mass is 9.88. The molecule has 1 heterocycles. The summed E-state index contributed by atoms with van der Waals surface area (Å²) in [5.41, 5.74) is 2.28. The Kier molecular flexibility index (Phi) is 7.91. The van der Waals surface area contributed by atoms with Crippen LogP contribution in [0, 0.1) is 5.92 Å². The van der Waals surface area contributed by atoms with Crippen molar-refractivity contribution in [1.29, 1.82) is 0 Å². The molecule has 0 spiro atoms. The lowest BCUT2D eigenvalue weighted by molar-refractivity contribution is -0.139. The fourth-order valence-corrected chi connectivity index (χ4v) is 4.64. The first kappa shape index (κ1) is 24.3. The number of halogens is 2. The van der Waals surface area contributed by atoms with Gasteiger partial charge in [0, 0.05) is 24.1 Å². The molecule has 0 atom stereocenters. The Balaban J connectivity index is 1.58. The van der Waals surface area contributed by atoms with Crippen LogP contribution in [-0.2, 0) is 9.59 Å². The summed E-state index contributed by atoms with van der Waals surface area (Å²) in [6, 6.07) is 16.7. The van der Waals surface area contributed by atoms with Gasteiger partial charge in [0.1, 0.15) is 5.82 Å². The van der Waals surface area contributed by atoms with Crippen LogP contribution in [-0.4, -0.2) is 39.6 Å². The Morgan fingerprint density at radius 2 is 1.76 bits per heavy atom. The van der Waals surface area contributed by atoms with Crippen molar-refractivity contribution in [3.8, 4) is 16.9 Å². The fourth-order valence-electron chi connectivity index (χ4n) is 4.34. The van der Waals surface area contributed by atoms with Crippen molar-refractivity contribution >= 4 is 40.8 Å². The quantitative estimate of drug-likeness (QED) is 0.420. The van der Waals surface area contributed by atoms with E-state index in [1.165, 1.54) is 6.42 Å². The molecular formula is C26H28Cl2N4O2. The van der Waals surface area contributed by atoms with Crippen LogP contribution < -0.4 is 5.32 Å². The minimum atomic E-state index is -0.271. The molecule has 1 N–H and O–H groups in total. The van der Waals surface area contributed by atoms with Crippen LogP contribution >= 0.6 is 23.2 Å². The average Bonchev–Trinajstić information content (AvgIpc) is 3.28. The van der Waals surface area contributed by atoms with Crippen molar-refractivity contribution in [2.75, 3.05) is 18.4 Å². The summed E-state index contributed by atoms with van der Waals surface area (Å²) >= 11 is 12.3. The summed E-state index contributed by atoms with van der Waals surface area (Å²) in [6.45, 7) is 2.39. The Morgan fingerprint density at radius 3 is 2.44 bits per heavy atom. The molecule has 1 saturated carbocycles. The number of likely N-dealkylation sites (N-methyl/N-ethyl adjacent to an activating group) is 1. The third kappa shape index (κ3) is 5.62. The van der Waals surface area contributed by atoms with E-state index in [2.05, 4.69) is 5.32 Å². The molecule has 0 radical (unpaired) electrons. The largest absolute Gasteiger partial charge is 0.333 e. The molecule has 6 nitrogen and oxygen atoms in total. The van der Waals surface area contributed by atoms with Gasteiger partial charge in [-0.1, -0.05) is 72.8 Å². The van der Waals surface area contributed by atoms with Gasteiger partial charge in [-0.15, -0.1) is 0 Å². The van der Waals surface area contributed by atoms with Gasteiger partial charge < -0.3 is 10.2 Å². The van der Waals surface area contributed by atoms with E-state index >= 15 is 0 Å². The van der Waals surface area contributed by atoms with Gasteiger partial charge >= 0.3 is 0 Å². The molecule has 178 valence electrons. The summed E-state index contributed by atoms with van der Waals surface area (Å²) in [4.78, 5) is 27.6. The highest BCUT2D eigenvalue weighted by atomic mass is 35.5. The molecule has 1 aliphatic rings. The highest BCUT2D eigenvalue weighted by Gasteiger charge is 2.26. The van der Waals surface area contributed by atoms with Gasteiger partial charge in [0.15, 0.2) is 0 Å². The van der Waals surface area contributed by atoms with Crippen molar-refractivity contribution < 1.29 is 9.59 Å². The lowest BCUT2D eigenvalue weighted by Crippen LogP contribution is -2.41. The lowest BCUT2D eigenvalue weighted by Gasteiger charge is -2.28. The SMILES string of the molecule is CCN(CC(=O)Nc1cc(-c2ccccc2)nn1-c1ccc(Cl)c(Cl)c1)C(=O)C1CCCCC1. The van der Waals surface area contributed by atoms with E-state index in [-0.39, 0.29) is 24.3 Å². The van der Waals surface area contributed by atoms with E-state index in [0.717, 1.165) is 31.2 Å². The van der Waals surface area contributed by atoms with Crippen molar-refractivity contribution in [2.24, 2.45) is 5.92 Å². The molecule has 1 aliphatic carbocycles. The van der Waals surface area contributed by atoms with Crippen LogP contribution in [0.15, 0.2) is 54.6 Å². The molecule has 1 aromatic heterocycles. The summed E-state index contributed by atoms with van der Waals surface area (Å²) in [5, 5.41) is 8.48. The number of aromatic nitrogens is 2. The van der Waals surface area contributed by atoms with Gasteiger partial charge in [-0.2, -0.15) is 5.10 Å². The Hall–Kier alpha value is -2.83. The molecule has 2 aromatic carbocycles. The number of nitrogens with one attached hydrogen (secondary N) is 1. The molecule has 2 amide bonds. The van der Waals surface area contributed by atoms with E-state index in [4.69, 9.17) is 28.3 Å². The van der Waals surface area contributed by atoms with Crippen molar-refractivity contribution in [3.05, 3.63) is 64.6 Å². The molecule has 0 bridgehead atoms. The maximum Gasteiger partial charge on any atom is 0.245 e. The maximum absolute atomic E-state index is 13.0. The number of anilines is 1. The zero-order chi connectivity index (χ0) is 24.1. The van der Waals surface area contributed by atoms with Gasteiger partial charge in [0.25, 0.3) is 0 Å². The zero-order valence-corrected chi connectivity index (χ0v) is 20.6. The minimum absolute atomic E-state index is 0.000935. The van der Waals surface area contributed by atoms with Crippen LogP contribution in [0.3, 0.4) is 0 Å². The molecule has 34 heavy (non-hydrogen) atoms. The van der Waals surface area contributed by atoms with E-state index < -0.39 is 0 Å². The standard InChI is InChI=1S/C26H28Cl2N4O2/c1-2-31(26(34)19-11-7-4-8-12-19)17-25(33)29-24-16-23(18-9-5-3-6-10-18)30-32(24)20-13-14-21(27)22(28)15-20/h3,5-6,9-10,13-16,19H,2,4,7-8,11-12,17H2,1H3,(H,29,33). The second kappa shape index (κ2) is 11.1. The number of carbonyl (C=O) groups excluding carboxylic acids is 2. The third-order valence-corrected chi connectivity index (χ3v) is 6.92. The Bertz CT molecular complexity index is 1160. The number of hydrogen-bond donors (Lipinski definition) is 1. The smallest absolute Gasteiger partial charge is 0.245 e. The second-order valence-electron chi connectivity index (χ2n) is 8.53. The van der Waals surface area contributed by atoms with Crippen molar-refractivity contribution in [2.45, 2.75) is 39.0 Å². The minimum Gasteiger partial charge on any atom is -0.333 e. The summed E-state index contributed by atoms with van der Waals surface area (Å²) < 4.78 is 1.63. The normalized spacial score (nSPS) is 14.1. The number of benzene rings is 2. The first-order chi connectivity index (χ1) is 16.5. The molecule has 4 rings (SSSR count). The number of carbonyl (C=O) groups is 2. The summed E-state index contributed by atoms with van der Waals surface area (Å²) in [6.07, 6.45) is 5.14. The first-order valence-corrected chi connectivity index (χ1v) is 12.4. The van der Waals surface area contributed by atoms with Crippen LogP contribution in [0.1, 0.15) is 39.0 Å². The van der Waals surface area contributed by atoms with Crippen LogP contribution in [0.2, 0.25) is 10.0 Å². The molecule has 0 saturated heterocycles. The van der Waals surface area contributed by atoms with Crippen molar-refractivity contribution in [1.82, 2.24) is 14.7 Å². The molecule has 3 aromatic rings. The van der Waals surface area contributed by atoms with Crippen LogP contribution in [0.4, 0.5) is 5.82 Å². The topological polar surface area (TPSA) is 67.2 Å². The number of hydrogen-bond acceptors (Lipinski definition) is 3. The van der Waals surface area contributed by atoms with Crippen LogP contribution in [0.25, 0.3) is 16.9 Å². The van der Waals surface area contributed by atoms with Gasteiger partial charge in [-0.05, 0) is 38.0 Å². The van der Waals surface area contributed by atoms with E-state index in [0.29, 0.717) is 33.8 Å². The highest BCUT2D eigenvalue weighted by molar-refractivity contribution is 6.42. The molecule has 0 aliphatic heterocycles. The molecule has 1 fully saturated rings. The third-order valence-electron chi connectivity index (χ3n) is 6.18. The molecular weight excluding hydrogens is 471 g/mol. The van der Waals surface area contributed by atoms with Gasteiger partial charge in [0.2, 0.25) is 11.8 Å². The van der Waals surface area contributed by atoms with Gasteiger partial charge in [0.05, 0.1) is 28.0 Å². The fraction of sp³-hybridized carbons (Fsp3) is 0.346. The molecule has 0 unspecified atom stereocenters. The Labute approximate surface area is 209 Å². The summed E-state index contributed by atoms with van der Waals surface area (Å²) in [7, 11) is 0. The van der Waals surface area contributed by atoms with Crippen LogP contribution in [0.5, 0.6) is 0 Å². The zero-order valence-electron chi connectivity index (χ0n) is 19.1. The van der Waals surface area contributed by atoms with E-state index in [1.807, 2.05) is 43.3 Å². The second-order valence-corrected chi connectivity index (χ2v) is 9.34. The van der Waals surface area contributed by atoms with Gasteiger partial charge in [-0.3, -0.25) is 9.59 Å². The first-order valence-electron chi connectivity index (χ1n) is 11.7. The number of amides is 2. The average molecular weight is 499 g/mol. The number of rotatable bonds is 7. The van der Waals surface area contributed by atoms with E-state index in [1.54, 1.807) is 27.8 Å². The molecule has 8 heteroatoms.